The quantitative estimate of drug-likeness (QED) is 0.671. The van der Waals surface area contributed by atoms with Crippen LogP contribution in [0.2, 0.25) is 0 Å². The third-order valence-electron chi connectivity index (χ3n) is 7.88. The van der Waals surface area contributed by atoms with Crippen molar-refractivity contribution in [1.29, 1.82) is 0 Å². The molecule has 2 unspecified atom stereocenters. The Morgan fingerprint density at radius 1 is 1.05 bits per heavy atom. The summed E-state index contributed by atoms with van der Waals surface area (Å²) in [4.78, 5) is 0. The molecule has 4 rings (SSSR count). The number of alkyl halides is 1. The third kappa shape index (κ3) is 1.62. The first kappa shape index (κ1) is 14.9. The molecule has 0 aliphatic heterocycles. The molecule has 3 saturated carbocycles. The molecule has 122 valence electrons. The average Bonchev–Trinajstić information content (AvgIpc) is 2.66. The minimum Gasteiger partial charge on any atom is -0.363 e. The maximum absolute atomic E-state index is 14.3. The Morgan fingerprint density at radius 3 is 2.59 bits per heavy atom. The van der Waals surface area contributed by atoms with Crippen molar-refractivity contribution in [3.05, 3.63) is 24.3 Å². The Labute approximate surface area is 132 Å². The molecule has 3 fully saturated rings. The second kappa shape index (κ2) is 4.45. The van der Waals surface area contributed by atoms with E-state index in [1.165, 1.54) is 0 Å². The molecule has 22 heavy (non-hydrogen) atoms. The van der Waals surface area contributed by atoms with Gasteiger partial charge in [0.05, 0.1) is 0 Å². The number of allylic oxidation sites excluding steroid dienone is 4. The van der Waals surface area contributed by atoms with Gasteiger partial charge < -0.3 is 10.2 Å². The van der Waals surface area contributed by atoms with Gasteiger partial charge in [0.25, 0.3) is 0 Å². The first-order chi connectivity index (χ1) is 10.3. The minimum absolute atomic E-state index is 0.0910. The summed E-state index contributed by atoms with van der Waals surface area (Å²) >= 11 is 0. The summed E-state index contributed by atoms with van der Waals surface area (Å²) in [5, 5.41) is 20.7. The molecule has 0 radical (unpaired) electrons. The highest BCUT2D eigenvalue weighted by molar-refractivity contribution is 5.24. The van der Waals surface area contributed by atoms with Gasteiger partial charge in [-0.15, -0.1) is 0 Å². The van der Waals surface area contributed by atoms with Crippen molar-refractivity contribution < 1.29 is 14.6 Å². The Balaban J connectivity index is 1.71. The van der Waals surface area contributed by atoms with Gasteiger partial charge in [-0.2, -0.15) is 0 Å². The Morgan fingerprint density at radius 2 is 1.82 bits per heavy atom. The van der Waals surface area contributed by atoms with Gasteiger partial charge in [0.2, 0.25) is 5.79 Å². The van der Waals surface area contributed by atoms with Crippen molar-refractivity contribution in [1.82, 2.24) is 0 Å². The van der Waals surface area contributed by atoms with Crippen molar-refractivity contribution >= 4 is 0 Å². The average molecular weight is 306 g/mol. The van der Waals surface area contributed by atoms with Crippen LogP contribution in [0.3, 0.4) is 0 Å². The summed E-state index contributed by atoms with van der Waals surface area (Å²) < 4.78 is 14.3. The summed E-state index contributed by atoms with van der Waals surface area (Å²) in [6.45, 7) is 4.25. The topological polar surface area (TPSA) is 40.5 Å². The fraction of sp³-hybridized carbons (Fsp3) is 0.789. The van der Waals surface area contributed by atoms with E-state index in [9.17, 15) is 14.6 Å². The second-order valence-corrected chi connectivity index (χ2v) is 8.56. The van der Waals surface area contributed by atoms with E-state index in [1.54, 1.807) is 0 Å². The first-order valence-corrected chi connectivity index (χ1v) is 8.75. The van der Waals surface area contributed by atoms with Crippen LogP contribution in [0.25, 0.3) is 0 Å². The molecule has 4 aliphatic rings. The zero-order valence-corrected chi connectivity index (χ0v) is 13.5. The summed E-state index contributed by atoms with van der Waals surface area (Å²) in [5.74, 6) is -0.530. The summed E-state index contributed by atoms with van der Waals surface area (Å²) in [7, 11) is 0. The number of rotatable bonds is 0. The largest absolute Gasteiger partial charge is 0.363 e. The summed E-state index contributed by atoms with van der Waals surface area (Å²) in [6, 6.07) is 0. The van der Waals surface area contributed by atoms with Crippen molar-refractivity contribution in [2.45, 2.75) is 57.9 Å². The fourth-order valence-electron chi connectivity index (χ4n) is 6.39. The lowest BCUT2D eigenvalue weighted by molar-refractivity contribution is -0.269. The maximum atomic E-state index is 14.3. The summed E-state index contributed by atoms with van der Waals surface area (Å²) in [5.41, 5.74) is -0.536. The molecule has 7 atom stereocenters. The smallest absolute Gasteiger partial charge is 0.200 e. The number of hydrogen-bond donors (Lipinski definition) is 2. The van der Waals surface area contributed by atoms with Gasteiger partial charge in [0.1, 0.15) is 0 Å². The van der Waals surface area contributed by atoms with Crippen LogP contribution in [0.4, 0.5) is 4.39 Å². The third-order valence-corrected chi connectivity index (χ3v) is 7.88. The number of hydrogen-bond acceptors (Lipinski definition) is 2. The van der Waals surface area contributed by atoms with E-state index >= 15 is 0 Å². The highest BCUT2D eigenvalue weighted by atomic mass is 19.1. The van der Waals surface area contributed by atoms with Gasteiger partial charge in [-0.05, 0) is 61.2 Å². The van der Waals surface area contributed by atoms with E-state index in [-0.39, 0.29) is 11.3 Å². The van der Waals surface area contributed by atoms with E-state index in [0.717, 1.165) is 19.3 Å². The van der Waals surface area contributed by atoms with Crippen LogP contribution in [0, 0.1) is 34.5 Å². The van der Waals surface area contributed by atoms with E-state index in [0.29, 0.717) is 30.6 Å². The lowest BCUT2D eigenvalue weighted by Gasteiger charge is -2.58. The van der Waals surface area contributed by atoms with Crippen LogP contribution in [0.15, 0.2) is 24.3 Å². The highest BCUT2D eigenvalue weighted by Crippen LogP contribution is 2.66. The molecule has 0 aromatic carbocycles. The molecular weight excluding hydrogens is 279 g/mol. The Bertz CT molecular complexity index is 540. The lowest BCUT2D eigenvalue weighted by atomic mass is 9.47. The van der Waals surface area contributed by atoms with Crippen LogP contribution < -0.4 is 0 Å². The van der Waals surface area contributed by atoms with E-state index < -0.39 is 17.4 Å². The monoisotopic (exact) mass is 306 g/mol. The Kier molecular flexibility index (Phi) is 3.01. The normalized spacial score (nSPS) is 55.4. The van der Waals surface area contributed by atoms with Crippen LogP contribution in [-0.4, -0.2) is 22.2 Å². The molecular formula is C19H27FO2. The molecule has 3 heteroatoms. The van der Waals surface area contributed by atoms with Gasteiger partial charge in [0.15, 0.2) is 6.17 Å². The molecule has 0 heterocycles. The lowest BCUT2D eigenvalue weighted by Crippen LogP contribution is -2.56. The predicted molar refractivity (Wildman–Crippen MR) is 83.6 cm³/mol. The molecule has 0 spiro atoms. The second-order valence-electron chi connectivity index (χ2n) is 8.56. The molecule has 0 saturated heterocycles. The standard InChI is InChI=1S/C19H27FO2/c1-17-9-4-3-5-12(17)6-7-13-14(17)8-10-18(2)15(13)11-16(20)19(18,21)22/h3-5,9,12-16,21-22H,6-8,10-11H2,1-2H3/t12?,13-,14-,15+,16?,17+,18+/m1/s1. The van der Waals surface area contributed by atoms with Crippen LogP contribution >= 0.6 is 0 Å². The molecule has 0 bridgehead atoms. The van der Waals surface area contributed by atoms with Crippen LogP contribution in [0.5, 0.6) is 0 Å². The van der Waals surface area contributed by atoms with E-state index in [4.69, 9.17) is 0 Å². The molecule has 0 aromatic heterocycles. The molecule has 0 amide bonds. The van der Waals surface area contributed by atoms with Gasteiger partial charge in [0, 0.05) is 5.41 Å². The van der Waals surface area contributed by atoms with E-state index in [1.807, 2.05) is 6.92 Å². The highest BCUT2D eigenvalue weighted by Gasteiger charge is 2.67. The van der Waals surface area contributed by atoms with Gasteiger partial charge in [-0.1, -0.05) is 38.2 Å². The Hall–Kier alpha value is -0.670. The first-order valence-electron chi connectivity index (χ1n) is 8.75. The zero-order valence-electron chi connectivity index (χ0n) is 13.5. The predicted octanol–water partition coefficient (Wildman–Crippen LogP) is 3.60. The number of halogens is 1. The molecule has 0 aromatic rings. The summed E-state index contributed by atoms with van der Waals surface area (Å²) in [6.07, 6.45) is 11.7. The molecule has 4 aliphatic carbocycles. The van der Waals surface area contributed by atoms with Gasteiger partial charge >= 0.3 is 0 Å². The molecule has 2 N–H and O–H groups in total. The van der Waals surface area contributed by atoms with Gasteiger partial charge in [-0.25, -0.2) is 4.39 Å². The zero-order chi connectivity index (χ0) is 15.8. The maximum Gasteiger partial charge on any atom is 0.200 e. The molecule has 2 nitrogen and oxygen atoms in total. The van der Waals surface area contributed by atoms with E-state index in [2.05, 4.69) is 31.2 Å². The van der Waals surface area contributed by atoms with Crippen molar-refractivity contribution in [2.75, 3.05) is 0 Å². The number of fused-ring (bicyclic) bond motifs is 5. The van der Waals surface area contributed by atoms with Crippen molar-refractivity contribution in [3.63, 3.8) is 0 Å². The van der Waals surface area contributed by atoms with Crippen molar-refractivity contribution in [3.8, 4) is 0 Å². The number of aliphatic hydroxyl groups is 2. The SMILES string of the molecule is C[C@]12C=CC=CC1CC[C@@H]1[C@H]2CC[C@@]2(C)[C@H]1CC(F)C2(O)O. The van der Waals surface area contributed by atoms with Crippen LogP contribution in [0.1, 0.15) is 46.0 Å². The van der Waals surface area contributed by atoms with Crippen molar-refractivity contribution in [2.24, 2.45) is 34.5 Å². The van der Waals surface area contributed by atoms with Crippen LogP contribution in [-0.2, 0) is 0 Å². The fourth-order valence-corrected chi connectivity index (χ4v) is 6.39. The minimum atomic E-state index is -2.15. The van der Waals surface area contributed by atoms with Gasteiger partial charge in [-0.3, -0.25) is 0 Å².